The van der Waals surface area contributed by atoms with Crippen molar-refractivity contribution in [1.29, 1.82) is 0 Å². The zero-order valence-electron chi connectivity index (χ0n) is 9.22. The highest BCUT2D eigenvalue weighted by atomic mass is 19.0. The lowest BCUT2D eigenvalue weighted by atomic mass is 11.0. The van der Waals surface area contributed by atoms with Crippen LogP contribution in [0.3, 0.4) is 0 Å². The Kier molecular flexibility index (Phi) is 112000. The van der Waals surface area contributed by atoms with Crippen molar-refractivity contribution in [2.75, 3.05) is 0 Å². The molecule has 0 nitrogen and oxygen atoms in total. The van der Waals surface area contributed by atoms with Gasteiger partial charge in [-0.15, -0.1) is 0 Å². The summed E-state index contributed by atoms with van der Waals surface area (Å²) in [6.07, 6.45) is 0. The van der Waals surface area contributed by atoms with Crippen LogP contribution in [0.25, 0.3) is 0 Å². The average Bonchev–Trinajstić information content (AvgIpc) is 2.03. The first-order chi connectivity index (χ1) is 4.00. The van der Waals surface area contributed by atoms with Crippen LogP contribution in [0, 0.1) is 0 Å². The topological polar surface area (TPSA) is 0 Å². The molecule has 0 heterocycles. The molecule has 0 spiro atoms. The minimum Gasteiger partial charge on any atom is -0.269 e. The van der Waals surface area contributed by atoms with Crippen LogP contribution in [-0.2, 0) is 0 Å². The van der Waals surface area contributed by atoms with Crippen molar-refractivity contribution >= 4 is 0 Å². The molecule has 0 aromatic heterocycles. The molecule has 0 unspecified atom stereocenters. The zero-order valence-corrected chi connectivity index (χ0v) is 9.22. The Morgan fingerprint density at radius 3 is 0.273 bits per heavy atom. The van der Waals surface area contributed by atoms with Gasteiger partial charge in [0, 0.05) is 0 Å². The van der Waals surface area contributed by atoms with E-state index >= 15 is 0 Å². The van der Waals surface area contributed by atoms with Crippen molar-refractivity contribution in [2.45, 2.75) is 55.4 Å². The van der Waals surface area contributed by atoms with E-state index in [4.69, 9.17) is 0 Å². The molecule has 0 aromatic carbocycles. The fourth-order valence-electron chi connectivity index (χ4n) is 0. The largest absolute Gasteiger partial charge is 0.269 e. The van der Waals surface area contributed by atoms with Gasteiger partial charge in [0.15, 0.2) is 0 Å². The second kappa shape index (κ2) is 17200. The first-order valence-electron chi connectivity index (χ1n) is 4.00. The van der Waals surface area contributed by atoms with Gasteiger partial charge in [-0.2, -0.15) is 0 Å². The van der Waals surface area contributed by atoms with Gasteiger partial charge >= 0.3 is 0 Å². The molecule has 0 radical (unpaired) electrons. The van der Waals surface area contributed by atoms with Gasteiger partial charge in [-0.1, -0.05) is 55.4 Å². The molecular weight excluding hydrogens is 153 g/mol. The van der Waals surface area contributed by atoms with Crippen molar-refractivity contribution in [2.24, 2.45) is 0 Å². The molecule has 0 rings (SSSR count). The van der Waals surface area contributed by atoms with Gasteiger partial charge in [0.25, 0.3) is 0 Å². The summed E-state index contributed by atoms with van der Waals surface area (Å²) in [4.78, 5) is 0. The van der Waals surface area contributed by atoms with Crippen LogP contribution in [-0.4, -0.2) is 0 Å². The van der Waals surface area contributed by atoms with E-state index in [1.54, 1.807) is 0 Å². The molecule has 0 bridgehead atoms. The van der Waals surface area contributed by atoms with E-state index in [1.807, 2.05) is 55.4 Å². The van der Waals surface area contributed by atoms with Crippen molar-refractivity contribution in [1.82, 2.24) is 0 Å². The highest BCUT2D eigenvalue weighted by molar-refractivity contribution is 3.51. The maximum atomic E-state index is 2.00. The third-order valence-electron chi connectivity index (χ3n) is 0. The monoisotopic (exact) mass is 180 g/mol. The Labute approximate surface area is 70.5 Å². The Hall–Kier alpha value is -0.210. The Morgan fingerprint density at radius 2 is 0.273 bits per heavy atom. The predicted octanol–water partition coefficient (Wildman–Crippen LogP) is 4.56. The molecule has 0 fully saturated rings. The third kappa shape index (κ3) is 13500. The molecule has 0 aliphatic carbocycles. The van der Waals surface area contributed by atoms with E-state index in [0.29, 0.717) is 0 Å². The molecule has 0 aliphatic heterocycles. The van der Waals surface area contributed by atoms with E-state index in [1.165, 1.54) is 0 Å². The molecule has 0 atom stereocenters. The SMILES string of the molecule is CC.CC.CC.CC.F.F.F. The van der Waals surface area contributed by atoms with Gasteiger partial charge in [-0.25, -0.2) is 0 Å². The van der Waals surface area contributed by atoms with E-state index in [9.17, 15) is 0 Å². The number of hydrogen-bond donors (Lipinski definition) is 0. The minimum absolute atomic E-state index is 0. The van der Waals surface area contributed by atoms with Gasteiger partial charge in [0.2, 0.25) is 0 Å². The van der Waals surface area contributed by atoms with Gasteiger partial charge in [-0.3, -0.25) is 14.1 Å². The van der Waals surface area contributed by atoms with Gasteiger partial charge in [0.05, 0.1) is 0 Å². The molecular formula is C8H27F3. The Bertz CT molecular complexity index is 9.30. The van der Waals surface area contributed by atoms with Crippen molar-refractivity contribution in [3.8, 4) is 0 Å². The van der Waals surface area contributed by atoms with Gasteiger partial charge < -0.3 is 0 Å². The van der Waals surface area contributed by atoms with E-state index < -0.39 is 0 Å². The molecule has 0 saturated heterocycles. The molecule has 11 heavy (non-hydrogen) atoms. The van der Waals surface area contributed by atoms with Crippen LogP contribution in [0.4, 0.5) is 14.1 Å². The van der Waals surface area contributed by atoms with Crippen molar-refractivity contribution in [3.63, 3.8) is 0 Å². The van der Waals surface area contributed by atoms with Crippen LogP contribution in [0.2, 0.25) is 0 Å². The second-order valence-corrected chi connectivity index (χ2v) is 0. The highest BCUT2D eigenvalue weighted by Crippen LogP contribution is 1.15. The lowest BCUT2D eigenvalue weighted by Crippen LogP contribution is -0.856. The lowest BCUT2D eigenvalue weighted by molar-refractivity contribution is 1.11. The van der Waals surface area contributed by atoms with E-state index in [0.717, 1.165) is 0 Å². The normalized spacial score (nSPS) is 2.18. The fourth-order valence-corrected chi connectivity index (χ4v) is 0. The summed E-state index contributed by atoms with van der Waals surface area (Å²) < 4.78 is 0. The van der Waals surface area contributed by atoms with Crippen LogP contribution >= 0.6 is 0 Å². The second-order valence-electron chi connectivity index (χ2n) is 0. The molecule has 80 valence electrons. The zero-order chi connectivity index (χ0) is 8.00. The van der Waals surface area contributed by atoms with Crippen LogP contribution in [0.1, 0.15) is 55.4 Å². The maximum absolute atomic E-state index is 2.00. The van der Waals surface area contributed by atoms with E-state index in [-0.39, 0.29) is 14.1 Å². The predicted molar refractivity (Wildman–Crippen MR) is 52.9 cm³/mol. The van der Waals surface area contributed by atoms with Crippen LogP contribution in [0.15, 0.2) is 0 Å². The van der Waals surface area contributed by atoms with Gasteiger partial charge in [-0.05, 0) is 0 Å². The van der Waals surface area contributed by atoms with Crippen molar-refractivity contribution < 1.29 is 14.1 Å². The fraction of sp³-hybridized carbons (Fsp3) is 1.00. The summed E-state index contributed by atoms with van der Waals surface area (Å²) >= 11 is 0. The molecule has 0 aromatic rings. The summed E-state index contributed by atoms with van der Waals surface area (Å²) in [7, 11) is 0. The standard InChI is InChI=1S/4C2H6.3FH/c4*1-2;;;/h4*1-2H3;3*1H. The summed E-state index contributed by atoms with van der Waals surface area (Å²) in [5.41, 5.74) is 0. The summed E-state index contributed by atoms with van der Waals surface area (Å²) in [6.45, 7) is 16.0. The molecule has 0 aliphatic rings. The number of halogens is 3. The Morgan fingerprint density at radius 1 is 0.273 bits per heavy atom. The number of rotatable bonds is 0. The summed E-state index contributed by atoms with van der Waals surface area (Å²) in [5.74, 6) is 0. The molecule has 0 saturated carbocycles. The van der Waals surface area contributed by atoms with Crippen LogP contribution in [0.5, 0.6) is 0 Å². The molecule has 3 heteroatoms. The summed E-state index contributed by atoms with van der Waals surface area (Å²) in [6, 6.07) is 0. The minimum atomic E-state index is 0. The first-order valence-corrected chi connectivity index (χ1v) is 4.00. The first kappa shape index (κ1) is 72.0. The third-order valence-corrected chi connectivity index (χ3v) is 0. The smallest absolute Gasteiger partial charge is 0.0683 e. The molecule has 0 amide bonds. The van der Waals surface area contributed by atoms with E-state index in [2.05, 4.69) is 0 Å². The quantitative estimate of drug-likeness (QED) is 0.512. The average molecular weight is 180 g/mol. The highest BCUT2D eigenvalue weighted by Gasteiger charge is 0.938. The number of hydrogen-bond acceptors (Lipinski definition) is 0. The summed E-state index contributed by atoms with van der Waals surface area (Å²) in [5, 5.41) is 0. The Balaban J connectivity index is -0.00000000356. The molecule has 0 N–H and O–H groups in total. The lowest BCUT2D eigenvalue weighted by Gasteiger charge is -1.07. The van der Waals surface area contributed by atoms with Crippen molar-refractivity contribution in [3.05, 3.63) is 0 Å². The van der Waals surface area contributed by atoms with Gasteiger partial charge in [0.1, 0.15) is 0 Å². The van der Waals surface area contributed by atoms with Crippen LogP contribution < -0.4 is 0 Å². The maximum Gasteiger partial charge on any atom is -0.0683 e.